The van der Waals surface area contributed by atoms with Crippen molar-refractivity contribution >= 4 is 11.6 Å². The zero-order valence-corrected chi connectivity index (χ0v) is 9.21. The van der Waals surface area contributed by atoms with Crippen LogP contribution in [-0.4, -0.2) is 27.0 Å². The Kier molecular flexibility index (Phi) is 3.46. The van der Waals surface area contributed by atoms with Crippen LogP contribution in [0.15, 0.2) is 37.1 Å². The van der Waals surface area contributed by atoms with E-state index in [0.717, 1.165) is 0 Å². The second-order valence-corrected chi connectivity index (χ2v) is 3.48. The van der Waals surface area contributed by atoms with Crippen molar-refractivity contribution in [3.05, 3.63) is 42.7 Å². The van der Waals surface area contributed by atoms with Crippen molar-refractivity contribution in [1.82, 2.24) is 14.5 Å². The molecule has 6 heteroatoms. The molecule has 2 rings (SSSR count). The Morgan fingerprint density at radius 2 is 2.41 bits per heavy atom. The first-order valence-electron chi connectivity index (χ1n) is 5.23. The maximum Gasteiger partial charge on any atom is 0.275 e. The van der Waals surface area contributed by atoms with E-state index in [1.54, 1.807) is 41.6 Å². The van der Waals surface area contributed by atoms with Gasteiger partial charge in [-0.2, -0.15) is 0 Å². The molecule has 0 aliphatic carbocycles. The molecule has 0 saturated carbocycles. The molecule has 0 aliphatic heterocycles. The number of anilines is 1. The molecule has 17 heavy (non-hydrogen) atoms. The molecular formula is C11H13N5O. The molecule has 3 N–H and O–H groups in total. The number of aromatic nitrogens is 3. The van der Waals surface area contributed by atoms with Gasteiger partial charge in [-0.1, -0.05) is 0 Å². The van der Waals surface area contributed by atoms with Crippen LogP contribution in [0, 0.1) is 0 Å². The number of carbonyl (C=O) groups excluding carboxylic acids is 1. The van der Waals surface area contributed by atoms with Gasteiger partial charge in [0.15, 0.2) is 0 Å². The molecule has 0 unspecified atom stereocenters. The number of nitrogens with one attached hydrogen (secondary N) is 1. The third-order valence-corrected chi connectivity index (χ3v) is 2.17. The van der Waals surface area contributed by atoms with E-state index in [-0.39, 0.29) is 5.91 Å². The summed E-state index contributed by atoms with van der Waals surface area (Å²) in [7, 11) is 0. The van der Waals surface area contributed by atoms with Gasteiger partial charge in [-0.15, -0.1) is 0 Å². The van der Waals surface area contributed by atoms with Crippen molar-refractivity contribution in [3.8, 4) is 0 Å². The normalized spacial score (nSPS) is 10.2. The molecule has 88 valence electrons. The van der Waals surface area contributed by atoms with E-state index in [1.165, 1.54) is 0 Å². The SMILES string of the molecule is NCCn1cnc(C(=O)Nc2cccnc2)c1. The van der Waals surface area contributed by atoms with Crippen LogP contribution in [0.5, 0.6) is 0 Å². The predicted molar refractivity (Wildman–Crippen MR) is 63.5 cm³/mol. The summed E-state index contributed by atoms with van der Waals surface area (Å²) < 4.78 is 1.78. The summed E-state index contributed by atoms with van der Waals surface area (Å²) in [4.78, 5) is 19.7. The molecule has 0 aromatic carbocycles. The Labute approximate surface area is 98.5 Å². The number of rotatable bonds is 4. The topological polar surface area (TPSA) is 85.8 Å². The van der Waals surface area contributed by atoms with Crippen molar-refractivity contribution in [2.75, 3.05) is 11.9 Å². The van der Waals surface area contributed by atoms with Crippen molar-refractivity contribution in [2.24, 2.45) is 5.73 Å². The monoisotopic (exact) mass is 231 g/mol. The molecule has 0 saturated heterocycles. The predicted octanol–water partition coefficient (Wildman–Crippen LogP) is 0.489. The smallest absolute Gasteiger partial charge is 0.275 e. The molecule has 0 fully saturated rings. The van der Waals surface area contributed by atoms with Gasteiger partial charge in [-0.3, -0.25) is 9.78 Å². The number of pyridine rings is 1. The van der Waals surface area contributed by atoms with Gasteiger partial charge in [-0.25, -0.2) is 4.98 Å². The first-order valence-corrected chi connectivity index (χ1v) is 5.23. The van der Waals surface area contributed by atoms with Crippen LogP contribution in [-0.2, 0) is 6.54 Å². The molecule has 6 nitrogen and oxygen atoms in total. The van der Waals surface area contributed by atoms with E-state index in [1.807, 2.05) is 0 Å². The number of nitrogens with zero attached hydrogens (tertiary/aromatic N) is 3. The maximum absolute atomic E-state index is 11.8. The molecule has 0 radical (unpaired) electrons. The Morgan fingerprint density at radius 3 is 3.12 bits per heavy atom. The molecule has 1 amide bonds. The van der Waals surface area contributed by atoms with E-state index in [2.05, 4.69) is 15.3 Å². The van der Waals surface area contributed by atoms with Gasteiger partial charge in [0, 0.05) is 25.5 Å². The number of imidazole rings is 1. The molecular weight excluding hydrogens is 218 g/mol. The van der Waals surface area contributed by atoms with Crippen molar-refractivity contribution in [2.45, 2.75) is 6.54 Å². The summed E-state index contributed by atoms with van der Waals surface area (Å²) in [5.41, 5.74) is 6.42. The lowest BCUT2D eigenvalue weighted by Crippen LogP contribution is -2.12. The minimum absolute atomic E-state index is 0.256. The average molecular weight is 231 g/mol. The number of hydrogen-bond donors (Lipinski definition) is 2. The van der Waals surface area contributed by atoms with Crippen molar-refractivity contribution in [1.29, 1.82) is 0 Å². The number of hydrogen-bond acceptors (Lipinski definition) is 4. The third kappa shape index (κ3) is 2.88. The summed E-state index contributed by atoms with van der Waals surface area (Å²) in [5.74, 6) is -0.256. The van der Waals surface area contributed by atoms with E-state index < -0.39 is 0 Å². The first kappa shape index (κ1) is 11.3. The minimum atomic E-state index is -0.256. The van der Waals surface area contributed by atoms with Crippen LogP contribution in [0.4, 0.5) is 5.69 Å². The van der Waals surface area contributed by atoms with E-state index >= 15 is 0 Å². The maximum atomic E-state index is 11.8. The van der Waals surface area contributed by atoms with Crippen LogP contribution in [0.3, 0.4) is 0 Å². The lowest BCUT2D eigenvalue weighted by Gasteiger charge is -2.01. The van der Waals surface area contributed by atoms with Crippen LogP contribution < -0.4 is 11.1 Å². The molecule has 0 atom stereocenters. The fourth-order valence-electron chi connectivity index (χ4n) is 1.38. The van der Waals surface area contributed by atoms with Gasteiger partial charge in [-0.05, 0) is 12.1 Å². The molecule has 0 bridgehead atoms. The Bertz CT molecular complexity index is 494. The molecule has 2 heterocycles. The summed E-state index contributed by atoms with van der Waals surface area (Å²) in [6.07, 6.45) is 6.48. The summed E-state index contributed by atoms with van der Waals surface area (Å²) in [5, 5.41) is 2.71. The fourth-order valence-corrected chi connectivity index (χ4v) is 1.38. The van der Waals surface area contributed by atoms with Gasteiger partial charge < -0.3 is 15.6 Å². The largest absolute Gasteiger partial charge is 0.335 e. The Morgan fingerprint density at radius 1 is 1.53 bits per heavy atom. The summed E-state index contributed by atoms with van der Waals surface area (Å²) in [6, 6.07) is 3.52. The highest BCUT2D eigenvalue weighted by molar-refractivity contribution is 6.02. The standard InChI is InChI=1S/C11H13N5O/c12-3-5-16-7-10(14-8-16)11(17)15-9-2-1-4-13-6-9/h1-2,4,6-8H,3,5,12H2,(H,15,17). The first-order chi connectivity index (χ1) is 8.29. The van der Waals surface area contributed by atoms with Crippen LogP contribution in [0.1, 0.15) is 10.5 Å². The minimum Gasteiger partial charge on any atom is -0.335 e. The molecule has 2 aromatic heterocycles. The highest BCUT2D eigenvalue weighted by Gasteiger charge is 2.09. The second kappa shape index (κ2) is 5.22. The van der Waals surface area contributed by atoms with Crippen LogP contribution >= 0.6 is 0 Å². The van der Waals surface area contributed by atoms with Crippen LogP contribution in [0.25, 0.3) is 0 Å². The van der Waals surface area contributed by atoms with Crippen molar-refractivity contribution in [3.63, 3.8) is 0 Å². The highest BCUT2D eigenvalue weighted by Crippen LogP contribution is 2.05. The lowest BCUT2D eigenvalue weighted by atomic mass is 10.4. The highest BCUT2D eigenvalue weighted by atomic mass is 16.1. The van der Waals surface area contributed by atoms with E-state index in [4.69, 9.17) is 5.73 Å². The molecule has 0 spiro atoms. The zero-order valence-electron chi connectivity index (χ0n) is 9.21. The number of nitrogens with two attached hydrogens (primary N) is 1. The molecule has 0 aliphatic rings. The van der Waals surface area contributed by atoms with Gasteiger partial charge in [0.25, 0.3) is 5.91 Å². The van der Waals surface area contributed by atoms with E-state index in [0.29, 0.717) is 24.5 Å². The fraction of sp³-hybridized carbons (Fsp3) is 0.182. The number of carbonyl (C=O) groups is 1. The van der Waals surface area contributed by atoms with Gasteiger partial charge in [0.2, 0.25) is 0 Å². The van der Waals surface area contributed by atoms with Crippen molar-refractivity contribution < 1.29 is 4.79 Å². The average Bonchev–Trinajstić information content (AvgIpc) is 2.79. The quantitative estimate of drug-likeness (QED) is 0.801. The Hall–Kier alpha value is -2.21. The Balaban J connectivity index is 2.04. The lowest BCUT2D eigenvalue weighted by molar-refractivity contribution is 0.102. The van der Waals surface area contributed by atoms with Gasteiger partial charge >= 0.3 is 0 Å². The zero-order chi connectivity index (χ0) is 12.1. The van der Waals surface area contributed by atoms with E-state index in [9.17, 15) is 4.79 Å². The summed E-state index contributed by atoms with van der Waals surface area (Å²) in [6.45, 7) is 1.16. The number of amides is 1. The summed E-state index contributed by atoms with van der Waals surface area (Å²) >= 11 is 0. The van der Waals surface area contributed by atoms with Gasteiger partial charge in [0.05, 0.1) is 18.2 Å². The second-order valence-electron chi connectivity index (χ2n) is 3.48. The van der Waals surface area contributed by atoms with Gasteiger partial charge in [0.1, 0.15) is 5.69 Å². The third-order valence-electron chi connectivity index (χ3n) is 2.17. The molecule has 2 aromatic rings. The van der Waals surface area contributed by atoms with Crippen LogP contribution in [0.2, 0.25) is 0 Å².